The highest BCUT2D eigenvalue weighted by molar-refractivity contribution is 7.46. The minimum Gasteiger partial charge on any atom is -0.458 e. The Balaban J connectivity index is 0.797. The number of ether oxygens (including phenoxy) is 2. The van der Waals surface area contributed by atoms with Crippen molar-refractivity contribution >= 4 is 72.0 Å². The molecular weight excluding hydrogens is 1100 g/mol. The number of nitrogens with one attached hydrogen (secondary N) is 7. The number of benzene rings is 2. The predicted molar refractivity (Wildman–Crippen MR) is 281 cm³/mol. The van der Waals surface area contributed by atoms with E-state index in [1.165, 1.54) is 10.6 Å². The minimum absolute atomic E-state index is 0.0331. The van der Waals surface area contributed by atoms with Crippen molar-refractivity contribution in [2.24, 2.45) is 5.92 Å². The van der Waals surface area contributed by atoms with Crippen molar-refractivity contribution in [3.63, 3.8) is 0 Å². The van der Waals surface area contributed by atoms with Gasteiger partial charge in [0.05, 0.1) is 54.7 Å². The molecule has 1 saturated carbocycles. The number of aryl methyl sites for hydroxylation is 1. The maximum Gasteiger partial charge on any atom is 0.470 e. The summed E-state index contributed by atoms with van der Waals surface area (Å²) < 4.78 is 43.5. The fourth-order valence-electron chi connectivity index (χ4n) is 10.5. The first-order valence-corrected chi connectivity index (χ1v) is 27.7. The van der Waals surface area contributed by atoms with Crippen LogP contribution in [0.25, 0.3) is 22.3 Å². The Morgan fingerprint density at radius 3 is 2.23 bits per heavy atom. The van der Waals surface area contributed by atoms with Gasteiger partial charge in [0.1, 0.15) is 44.1 Å². The summed E-state index contributed by atoms with van der Waals surface area (Å²) in [5.41, 5.74) is 1.66. The fraction of sp³-hybridized carbons (Fsp3) is 0.415. The number of nitrogens with zero attached hydrogens (tertiary/aromatic N) is 3. The van der Waals surface area contributed by atoms with Crippen molar-refractivity contribution in [1.29, 1.82) is 0 Å². The summed E-state index contributed by atoms with van der Waals surface area (Å²) in [7, 11) is -4.90. The minimum atomic E-state index is -4.90. The van der Waals surface area contributed by atoms with Crippen LogP contribution in [0, 0.1) is 18.7 Å². The SMILES string of the molecule is CC[C@@]1(O)C(=O)OCc2c1cc1n(c2=O)Cc2c-1nc1cc(F)c(C)c3c1c2[C@@H](NC(=O)[C@@H](OCNC(=O)CNC(=O)[C@H](Cc1ccccc1)NC(=O)CNC(=O)CNC(=O)[C@H](CNCOP(=O)(O)O)N1C(=O)C=CC1=O)C1CC1)CC3. The molecule has 0 saturated heterocycles. The topological polar surface area (TPSA) is 381 Å². The molecule has 2 aliphatic carbocycles. The molecule has 29 heteroatoms. The summed E-state index contributed by atoms with van der Waals surface area (Å²) in [5.74, 6) is -8.03. The lowest BCUT2D eigenvalue weighted by atomic mass is 9.81. The zero-order valence-electron chi connectivity index (χ0n) is 44.2. The quantitative estimate of drug-likeness (QED) is 0.0111. The van der Waals surface area contributed by atoms with Crippen LogP contribution in [0.2, 0.25) is 0 Å². The number of hydrogen-bond donors (Lipinski definition) is 10. The van der Waals surface area contributed by atoms with Crippen molar-refractivity contribution in [2.75, 3.05) is 39.6 Å². The van der Waals surface area contributed by atoms with Crippen LogP contribution in [0.3, 0.4) is 0 Å². The monoisotopic (exact) mass is 1160 g/mol. The van der Waals surface area contributed by atoms with Gasteiger partial charge in [-0.2, -0.15) is 0 Å². The molecule has 9 rings (SSSR count). The van der Waals surface area contributed by atoms with E-state index in [0.29, 0.717) is 80.7 Å². The lowest BCUT2D eigenvalue weighted by Gasteiger charge is -2.31. The van der Waals surface area contributed by atoms with Gasteiger partial charge in [-0.15, -0.1) is 0 Å². The molecule has 5 aliphatic rings. The molecule has 27 nitrogen and oxygen atoms in total. The summed E-state index contributed by atoms with van der Waals surface area (Å²) in [6.07, 6.45) is 2.71. The van der Waals surface area contributed by atoms with E-state index in [-0.39, 0.29) is 43.0 Å². The van der Waals surface area contributed by atoms with E-state index in [1.807, 2.05) is 0 Å². The number of halogens is 1. The van der Waals surface area contributed by atoms with E-state index >= 15 is 4.39 Å². The van der Waals surface area contributed by atoms with Crippen LogP contribution in [-0.4, -0.2) is 140 Å². The Bertz CT molecular complexity index is 3440. The number of amides is 8. The van der Waals surface area contributed by atoms with E-state index in [9.17, 15) is 57.6 Å². The number of imide groups is 1. The first-order chi connectivity index (χ1) is 39.1. The van der Waals surface area contributed by atoms with Gasteiger partial charge in [0.2, 0.25) is 35.4 Å². The smallest absolute Gasteiger partial charge is 0.458 e. The highest BCUT2D eigenvalue weighted by Crippen LogP contribution is 2.46. The first-order valence-electron chi connectivity index (χ1n) is 26.2. The lowest BCUT2D eigenvalue weighted by molar-refractivity contribution is -0.172. The van der Waals surface area contributed by atoms with Crippen molar-refractivity contribution in [3.05, 3.63) is 110 Å². The summed E-state index contributed by atoms with van der Waals surface area (Å²) in [4.78, 5) is 155. The first kappa shape index (κ1) is 58.5. The molecule has 5 atom stereocenters. The van der Waals surface area contributed by atoms with Crippen molar-refractivity contribution in [2.45, 2.75) is 95.4 Å². The highest BCUT2D eigenvalue weighted by Gasteiger charge is 2.47. The number of carbonyl (C=O) groups is 9. The molecule has 434 valence electrons. The number of hydrogen-bond acceptors (Lipinski definition) is 17. The van der Waals surface area contributed by atoms with Crippen LogP contribution in [0.5, 0.6) is 0 Å². The predicted octanol–water partition coefficient (Wildman–Crippen LogP) is -1.47. The lowest BCUT2D eigenvalue weighted by Crippen LogP contribution is -2.55. The van der Waals surface area contributed by atoms with Crippen LogP contribution in [0.4, 0.5) is 4.39 Å². The maximum atomic E-state index is 15.5. The van der Waals surface area contributed by atoms with Gasteiger partial charge in [0.25, 0.3) is 17.4 Å². The second-order valence-electron chi connectivity index (χ2n) is 20.2. The molecule has 82 heavy (non-hydrogen) atoms. The number of fused-ring (bicyclic) bond motifs is 5. The number of carbonyl (C=O) groups excluding carboxylic acids is 9. The largest absolute Gasteiger partial charge is 0.470 e. The molecular formula is C53H58FN10O17P. The number of cyclic esters (lactones) is 1. The Hall–Kier alpha value is -8.11. The molecule has 4 aromatic rings. The Morgan fingerprint density at radius 2 is 1.55 bits per heavy atom. The molecule has 10 N–H and O–H groups in total. The van der Waals surface area contributed by atoms with Gasteiger partial charge in [0.15, 0.2) is 5.60 Å². The molecule has 2 aromatic carbocycles. The zero-order chi connectivity index (χ0) is 58.8. The van der Waals surface area contributed by atoms with Crippen LogP contribution < -0.4 is 42.8 Å². The number of aromatic nitrogens is 2. The molecule has 5 heterocycles. The zero-order valence-corrected chi connectivity index (χ0v) is 45.1. The van der Waals surface area contributed by atoms with E-state index in [4.69, 9.17) is 24.2 Å². The third kappa shape index (κ3) is 12.5. The number of phosphoric acid groups is 1. The van der Waals surface area contributed by atoms with Crippen LogP contribution in [-0.2, 0) is 93.3 Å². The second-order valence-corrected chi connectivity index (χ2v) is 21.5. The van der Waals surface area contributed by atoms with Gasteiger partial charge < -0.3 is 60.8 Å². The number of aliphatic hydroxyl groups is 1. The van der Waals surface area contributed by atoms with E-state index in [1.54, 1.807) is 50.2 Å². The summed E-state index contributed by atoms with van der Waals surface area (Å²) in [5, 5.41) is 29.6. The Labute approximate surface area is 465 Å². The normalized spacial score (nSPS) is 18.8. The second kappa shape index (κ2) is 24.2. The standard InChI is InChI=1S/C53H58FN10O17P/c1-3-53(75)32-16-37-46-30(22-63(37)51(73)31(32)23-79-52(53)74)45-34(12-11-29-26(2)33(54)17-35(61-46)44(29)45)62-50(72)47(28-9-10-28)80-25-59-40(66)20-57-48(70)36(15-27-7-5-4-6-8-27)60-41(67)21-56-39(65)19-58-49(71)38(18-55-24-81-82(76,77)78)64-42(68)13-14-43(64)69/h4-8,13-14,16-17,28,34,36,38,47,55,75H,3,9-12,15,18-25H2,1-2H3,(H,56,65)(H,57,70)(H,58,71)(H,59,66)(H,60,67)(H,62,72)(H2,76,77,78)/t34-,36-,38-,47-,53-/m0/s1. The van der Waals surface area contributed by atoms with E-state index < -0.39 is 142 Å². The van der Waals surface area contributed by atoms with Gasteiger partial charge in [0, 0.05) is 47.7 Å². The molecule has 0 radical (unpaired) electrons. The van der Waals surface area contributed by atoms with Gasteiger partial charge in [-0.1, -0.05) is 37.3 Å². The van der Waals surface area contributed by atoms with Gasteiger partial charge >= 0.3 is 13.8 Å². The molecule has 0 bridgehead atoms. The third-order valence-electron chi connectivity index (χ3n) is 14.9. The third-order valence-corrected chi connectivity index (χ3v) is 15.4. The summed E-state index contributed by atoms with van der Waals surface area (Å²) in [6, 6.07) is 7.89. The molecule has 2 aromatic heterocycles. The van der Waals surface area contributed by atoms with Crippen LogP contribution in [0.15, 0.2) is 59.4 Å². The van der Waals surface area contributed by atoms with Crippen LogP contribution in [0.1, 0.15) is 77.6 Å². The molecule has 1 fully saturated rings. The highest BCUT2D eigenvalue weighted by atomic mass is 31.2. The van der Waals surface area contributed by atoms with E-state index in [0.717, 1.165) is 12.2 Å². The molecule has 0 unspecified atom stereocenters. The number of pyridine rings is 2. The van der Waals surface area contributed by atoms with Crippen LogP contribution >= 0.6 is 7.82 Å². The maximum absolute atomic E-state index is 15.5. The van der Waals surface area contributed by atoms with Gasteiger partial charge in [-0.05, 0) is 73.3 Å². The molecule has 8 amide bonds. The fourth-order valence-corrected chi connectivity index (χ4v) is 10.8. The number of phosphoric ester groups is 1. The van der Waals surface area contributed by atoms with Gasteiger partial charge in [-0.3, -0.25) is 57.9 Å². The Morgan fingerprint density at radius 1 is 0.866 bits per heavy atom. The van der Waals surface area contributed by atoms with Crippen molar-refractivity contribution in [3.8, 4) is 11.4 Å². The summed E-state index contributed by atoms with van der Waals surface area (Å²) in [6.45, 7) is -0.800. The summed E-state index contributed by atoms with van der Waals surface area (Å²) >= 11 is 0. The van der Waals surface area contributed by atoms with Crippen molar-refractivity contribution in [1.82, 2.24) is 51.7 Å². The average molecular weight is 1160 g/mol. The molecule has 0 spiro atoms. The van der Waals surface area contributed by atoms with E-state index in [2.05, 4.69) is 41.7 Å². The number of rotatable bonds is 24. The Kier molecular flexibility index (Phi) is 17.2. The van der Waals surface area contributed by atoms with Crippen molar-refractivity contribution < 1.29 is 81.0 Å². The molecule has 3 aliphatic heterocycles. The number of esters is 1. The average Bonchev–Trinajstić information content (AvgIpc) is 2.36. The van der Waals surface area contributed by atoms with Gasteiger partial charge in [-0.25, -0.2) is 18.7 Å².